The Labute approximate surface area is 164 Å². The van der Waals surface area contributed by atoms with Crippen LogP contribution in [-0.4, -0.2) is 22.9 Å². The molecule has 0 atom stereocenters. The Morgan fingerprint density at radius 2 is 1.93 bits per heavy atom. The molecule has 2 aromatic rings. The molecule has 2 aliphatic rings. The molecular weight excluding hydrogens is 362 g/mol. The Kier molecular flexibility index (Phi) is 5.50. The van der Waals surface area contributed by atoms with Gasteiger partial charge in [-0.15, -0.1) is 0 Å². The van der Waals surface area contributed by atoms with Crippen molar-refractivity contribution in [3.8, 4) is 5.75 Å². The van der Waals surface area contributed by atoms with E-state index in [1.54, 1.807) is 17.9 Å². The van der Waals surface area contributed by atoms with Crippen LogP contribution in [0.15, 0.2) is 35.1 Å². The summed E-state index contributed by atoms with van der Waals surface area (Å²) in [4.78, 5) is 12.3. The van der Waals surface area contributed by atoms with Crippen molar-refractivity contribution in [2.75, 3.05) is 7.11 Å². The Bertz CT molecular complexity index is 855. The van der Waals surface area contributed by atoms with E-state index < -0.39 is 0 Å². The first-order valence-electron chi connectivity index (χ1n) is 9.80. The van der Waals surface area contributed by atoms with Gasteiger partial charge in [-0.25, -0.2) is 4.68 Å². The zero-order chi connectivity index (χ0) is 18.8. The summed E-state index contributed by atoms with van der Waals surface area (Å²) in [6.07, 6.45) is 6.43. The third-order valence-corrected chi connectivity index (χ3v) is 6.16. The highest BCUT2D eigenvalue weighted by Gasteiger charge is 2.28. The summed E-state index contributed by atoms with van der Waals surface area (Å²) in [5.41, 5.74) is 2.16. The molecule has 2 saturated carbocycles. The Hall–Kier alpha value is -1.85. The van der Waals surface area contributed by atoms with E-state index in [2.05, 4.69) is 10.4 Å². The number of rotatable bonds is 6. The summed E-state index contributed by atoms with van der Waals surface area (Å²) in [7, 11) is 1.63. The van der Waals surface area contributed by atoms with Gasteiger partial charge in [0.1, 0.15) is 5.75 Å². The van der Waals surface area contributed by atoms with Crippen LogP contribution in [0, 0.1) is 0 Å². The fraction of sp³-hybridized carbons (Fsp3) is 0.524. The lowest BCUT2D eigenvalue weighted by Crippen LogP contribution is -2.36. The molecule has 0 radical (unpaired) electrons. The Morgan fingerprint density at radius 3 is 2.63 bits per heavy atom. The molecule has 1 heterocycles. The fourth-order valence-corrected chi connectivity index (χ4v) is 4.20. The topological polar surface area (TPSA) is 56.1 Å². The van der Waals surface area contributed by atoms with Crippen LogP contribution in [0.3, 0.4) is 0 Å². The van der Waals surface area contributed by atoms with Crippen molar-refractivity contribution in [1.82, 2.24) is 15.1 Å². The molecule has 2 fully saturated rings. The monoisotopic (exact) mass is 387 g/mol. The van der Waals surface area contributed by atoms with Crippen molar-refractivity contribution in [3.05, 3.63) is 57.0 Å². The van der Waals surface area contributed by atoms with Gasteiger partial charge in [-0.1, -0.05) is 23.7 Å². The molecule has 27 heavy (non-hydrogen) atoms. The highest BCUT2D eigenvalue weighted by molar-refractivity contribution is 6.32. The van der Waals surface area contributed by atoms with Crippen LogP contribution in [0.5, 0.6) is 5.75 Å². The first kappa shape index (κ1) is 18.5. The third-order valence-electron chi connectivity index (χ3n) is 5.73. The number of ether oxygens (including phenoxy) is 1. The van der Waals surface area contributed by atoms with Crippen molar-refractivity contribution in [2.45, 2.75) is 63.1 Å². The summed E-state index contributed by atoms with van der Waals surface area (Å²) in [6.45, 7) is 0.723. The number of hydrogen-bond acceptors (Lipinski definition) is 4. The average molecular weight is 388 g/mol. The Morgan fingerprint density at radius 1 is 1.15 bits per heavy atom. The van der Waals surface area contributed by atoms with Gasteiger partial charge in [-0.2, -0.15) is 5.10 Å². The van der Waals surface area contributed by atoms with Gasteiger partial charge in [0.2, 0.25) is 0 Å². The van der Waals surface area contributed by atoms with Crippen LogP contribution in [0.1, 0.15) is 61.7 Å². The van der Waals surface area contributed by atoms with Crippen molar-refractivity contribution >= 4 is 11.6 Å². The van der Waals surface area contributed by atoms with E-state index in [9.17, 15) is 4.79 Å². The summed E-state index contributed by atoms with van der Waals surface area (Å²) in [5.74, 6) is 1.28. The van der Waals surface area contributed by atoms with E-state index in [0.717, 1.165) is 43.5 Å². The summed E-state index contributed by atoms with van der Waals surface area (Å²) >= 11 is 6.38. The van der Waals surface area contributed by atoms with Gasteiger partial charge in [0.25, 0.3) is 5.56 Å². The molecule has 5 nitrogen and oxygen atoms in total. The van der Waals surface area contributed by atoms with Gasteiger partial charge in [-0.05, 0) is 56.2 Å². The SMILES string of the molecule is COc1cccc(CNC2CCC(n3nc(C4CC4)ccc3=O)CC2)c1Cl. The van der Waals surface area contributed by atoms with Crippen LogP contribution in [0.25, 0.3) is 0 Å². The quantitative estimate of drug-likeness (QED) is 0.812. The van der Waals surface area contributed by atoms with Crippen LogP contribution in [0.2, 0.25) is 5.02 Å². The molecule has 144 valence electrons. The third kappa shape index (κ3) is 4.19. The van der Waals surface area contributed by atoms with Crippen molar-refractivity contribution in [2.24, 2.45) is 0 Å². The second-order valence-electron chi connectivity index (χ2n) is 7.64. The number of halogens is 1. The van der Waals surface area contributed by atoms with Crippen molar-refractivity contribution < 1.29 is 4.74 Å². The molecule has 0 unspecified atom stereocenters. The first-order chi connectivity index (χ1) is 13.2. The van der Waals surface area contributed by atoms with E-state index in [1.807, 2.05) is 24.3 Å². The van der Waals surface area contributed by atoms with Gasteiger partial charge in [0.15, 0.2) is 0 Å². The van der Waals surface area contributed by atoms with Gasteiger partial charge in [-0.3, -0.25) is 4.79 Å². The second kappa shape index (κ2) is 8.03. The van der Waals surface area contributed by atoms with Gasteiger partial charge >= 0.3 is 0 Å². The van der Waals surface area contributed by atoms with Crippen molar-refractivity contribution in [1.29, 1.82) is 0 Å². The smallest absolute Gasteiger partial charge is 0.267 e. The fourth-order valence-electron chi connectivity index (χ4n) is 3.93. The molecule has 1 N–H and O–H groups in total. The molecule has 0 amide bonds. The normalized spacial score (nSPS) is 22.6. The standard InChI is InChI=1S/C21H26ClN3O2/c1-27-19-4-2-3-15(21(19)22)13-23-16-7-9-17(10-8-16)25-20(26)12-11-18(24-25)14-5-6-14/h2-4,11-12,14,16-17,23H,5-10,13H2,1H3. The van der Waals surface area contributed by atoms with Crippen LogP contribution in [-0.2, 0) is 6.54 Å². The van der Waals surface area contributed by atoms with E-state index in [0.29, 0.717) is 22.7 Å². The molecule has 0 saturated heterocycles. The van der Waals surface area contributed by atoms with E-state index in [4.69, 9.17) is 16.3 Å². The minimum absolute atomic E-state index is 0.0268. The number of benzene rings is 1. The summed E-state index contributed by atoms with van der Waals surface area (Å²) in [6, 6.07) is 10.1. The molecule has 6 heteroatoms. The van der Waals surface area contributed by atoms with Crippen LogP contribution < -0.4 is 15.6 Å². The largest absolute Gasteiger partial charge is 0.495 e. The minimum Gasteiger partial charge on any atom is -0.495 e. The molecule has 2 aliphatic carbocycles. The molecule has 1 aromatic heterocycles. The predicted molar refractivity (Wildman–Crippen MR) is 107 cm³/mol. The number of methoxy groups -OCH3 is 1. The average Bonchev–Trinajstić information content (AvgIpc) is 3.53. The zero-order valence-corrected chi connectivity index (χ0v) is 16.4. The van der Waals surface area contributed by atoms with E-state index >= 15 is 0 Å². The Balaban J connectivity index is 1.34. The second-order valence-corrected chi connectivity index (χ2v) is 8.01. The maximum atomic E-state index is 12.3. The van der Waals surface area contributed by atoms with Crippen LogP contribution >= 0.6 is 11.6 Å². The van der Waals surface area contributed by atoms with Crippen molar-refractivity contribution in [3.63, 3.8) is 0 Å². The van der Waals surface area contributed by atoms with E-state index in [-0.39, 0.29) is 11.6 Å². The van der Waals surface area contributed by atoms with Gasteiger partial charge in [0.05, 0.1) is 23.9 Å². The number of hydrogen-bond donors (Lipinski definition) is 1. The number of nitrogens with zero attached hydrogens (tertiary/aromatic N) is 2. The van der Waals surface area contributed by atoms with Crippen LogP contribution in [0.4, 0.5) is 0 Å². The maximum absolute atomic E-state index is 12.3. The van der Waals surface area contributed by atoms with Gasteiger partial charge in [0, 0.05) is 24.6 Å². The maximum Gasteiger partial charge on any atom is 0.267 e. The molecule has 1 aromatic carbocycles. The highest BCUT2D eigenvalue weighted by atomic mass is 35.5. The lowest BCUT2D eigenvalue weighted by Gasteiger charge is -2.30. The molecule has 0 spiro atoms. The number of nitrogens with one attached hydrogen (secondary N) is 1. The lowest BCUT2D eigenvalue weighted by molar-refractivity contribution is 0.267. The van der Waals surface area contributed by atoms with E-state index in [1.165, 1.54) is 12.8 Å². The zero-order valence-electron chi connectivity index (χ0n) is 15.7. The lowest BCUT2D eigenvalue weighted by atomic mass is 9.91. The highest BCUT2D eigenvalue weighted by Crippen LogP contribution is 2.38. The summed E-state index contributed by atoms with van der Waals surface area (Å²) in [5, 5.41) is 8.94. The molecular formula is C21H26ClN3O2. The van der Waals surface area contributed by atoms with Gasteiger partial charge < -0.3 is 10.1 Å². The molecule has 0 aliphatic heterocycles. The molecule has 4 rings (SSSR count). The predicted octanol–water partition coefficient (Wildman–Crippen LogP) is 4.06. The minimum atomic E-state index is 0.0268. The molecule has 0 bridgehead atoms. The number of aromatic nitrogens is 2. The summed E-state index contributed by atoms with van der Waals surface area (Å²) < 4.78 is 7.02. The first-order valence-corrected chi connectivity index (χ1v) is 10.2.